The standard InChI is InChI=1S/C21H24ClN3O3S/c1-13-5-3-4-8-25(13)20(27)12-29-21-16(11-23)15(10-19(26)24-21)14-6-7-18(28-2)17(22)9-14/h6-7,9,13,15H,3-5,8,10,12H2,1-2H3,(H,24,26)/t13-,15+/m1/s1. The number of amides is 2. The van der Waals surface area contributed by atoms with Crippen LogP contribution in [0.2, 0.25) is 5.02 Å². The summed E-state index contributed by atoms with van der Waals surface area (Å²) in [6, 6.07) is 7.73. The van der Waals surface area contributed by atoms with Gasteiger partial charge in [0.25, 0.3) is 0 Å². The number of carbonyl (C=O) groups excluding carboxylic acids is 2. The summed E-state index contributed by atoms with van der Waals surface area (Å²) in [5.41, 5.74) is 1.23. The molecule has 0 unspecified atom stereocenters. The molecule has 1 aromatic carbocycles. The van der Waals surface area contributed by atoms with Gasteiger partial charge in [-0.25, -0.2) is 0 Å². The Balaban J connectivity index is 1.80. The van der Waals surface area contributed by atoms with Gasteiger partial charge in [-0.3, -0.25) is 9.59 Å². The molecule has 1 N–H and O–H groups in total. The normalized spacial score (nSPS) is 22.1. The Morgan fingerprint density at radius 2 is 2.24 bits per heavy atom. The van der Waals surface area contributed by atoms with Gasteiger partial charge in [0.15, 0.2) is 0 Å². The van der Waals surface area contributed by atoms with E-state index >= 15 is 0 Å². The fourth-order valence-corrected chi connectivity index (χ4v) is 5.03. The number of likely N-dealkylation sites (tertiary alicyclic amines) is 1. The molecule has 2 amide bonds. The van der Waals surface area contributed by atoms with Crippen LogP contribution in [-0.2, 0) is 9.59 Å². The zero-order valence-electron chi connectivity index (χ0n) is 16.5. The number of piperidine rings is 1. The monoisotopic (exact) mass is 433 g/mol. The highest BCUT2D eigenvalue weighted by molar-refractivity contribution is 8.03. The van der Waals surface area contributed by atoms with E-state index in [0.29, 0.717) is 21.4 Å². The first-order valence-electron chi connectivity index (χ1n) is 9.64. The Morgan fingerprint density at radius 1 is 1.45 bits per heavy atom. The zero-order chi connectivity index (χ0) is 21.0. The molecule has 2 aliphatic rings. The minimum atomic E-state index is -0.399. The van der Waals surface area contributed by atoms with Crippen molar-refractivity contribution in [1.29, 1.82) is 5.26 Å². The van der Waals surface area contributed by atoms with Gasteiger partial charge in [-0.1, -0.05) is 29.4 Å². The van der Waals surface area contributed by atoms with Crippen molar-refractivity contribution in [3.63, 3.8) is 0 Å². The average molecular weight is 434 g/mol. The maximum atomic E-state index is 12.6. The van der Waals surface area contributed by atoms with Crippen LogP contribution in [-0.4, -0.2) is 42.2 Å². The van der Waals surface area contributed by atoms with Crippen LogP contribution in [0.1, 0.15) is 44.1 Å². The lowest BCUT2D eigenvalue weighted by atomic mass is 9.87. The van der Waals surface area contributed by atoms with Crippen LogP contribution in [0.15, 0.2) is 28.8 Å². The van der Waals surface area contributed by atoms with Gasteiger partial charge in [-0.05, 0) is 43.9 Å². The maximum absolute atomic E-state index is 12.6. The van der Waals surface area contributed by atoms with Crippen molar-refractivity contribution in [3.8, 4) is 11.8 Å². The predicted octanol–water partition coefficient (Wildman–Crippen LogP) is 3.82. The van der Waals surface area contributed by atoms with Gasteiger partial charge >= 0.3 is 0 Å². The molecule has 0 saturated carbocycles. The third-order valence-corrected chi connectivity index (χ3v) is 6.69. The molecule has 2 atom stereocenters. The molecule has 0 radical (unpaired) electrons. The lowest BCUT2D eigenvalue weighted by molar-refractivity contribution is -0.131. The van der Waals surface area contributed by atoms with E-state index < -0.39 is 5.92 Å². The molecule has 2 heterocycles. The summed E-state index contributed by atoms with van der Waals surface area (Å²) in [5.74, 6) is 0.192. The minimum Gasteiger partial charge on any atom is -0.495 e. The summed E-state index contributed by atoms with van der Waals surface area (Å²) in [5, 5.41) is 13.4. The van der Waals surface area contributed by atoms with Crippen molar-refractivity contribution in [3.05, 3.63) is 39.4 Å². The number of nitriles is 1. The van der Waals surface area contributed by atoms with Crippen LogP contribution in [0, 0.1) is 11.3 Å². The smallest absolute Gasteiger partial charge is 0.233 e. The number of methoxy groups -OCH3 is 1. The second kappa shape index (κ2) is 9.55. The fraction of sp³-hybridized carbons (Fsp3) is 0.476. The van der Waals surface area contributed by atoms with E-state index in [2.05, 4.69) is 18.3 Å². The molecule has 8 heteroatoms. The van der Waals surface area contributed by atoms with Crippen LogP contribution in [0.3, 0.4) is 0 Å². The number of halogens is 1. The molecule has 2 aliphatic heterocycles. The molecule has 0 bridgehead atoms. The first-order valence-corrected chi connectivity index (χ1v) is 11.0. The summed E-state index contributed by atoms with van der Waals surface area (Å²) in [7, 11) is 1.53. The second-order valence-electron chi connectivity index (χ2n) is 7.27. The largest absolute Gasteiger partial charge is 0.495 e. The van der Waals surface area contributed by atoms with Gasteiger partial charge in [0, 0.05) is 24.9 Å². The molecule has 0 aromatic heterocycles. The number of thioether (sulfide) groups is 1. The molecule has 154 valence electrons. The van der Waals surface area contributed by atoms with E-state index in [4.69, 9.17) is 16.3 Å². The van der Waals surface area contributed by atoms with Gasteiger partial charge < -0.3 is 15.0 Å². The van der Waals surface area contributed by atoms with Crippen LogP contribution in [0.4, 0.5) is 0 Å². The van der Waals surface area contributed by atoms with E-state index in [1.807, 2.05) is 11.0 Å². The molecule has 0 spiro atoms. The highest BCUT2D eigenvalue weighted by Crippen LogP contribution is 2.38. The van der Waals surface area contributed by atoms with Crippen LogP contribution in [0.5, 0.6) is 5.75 Å². The van der Waals surface area contributed by atoms with Crippen molar-refractivity contribution < 1.29 is 14.3 Å². The number of hydrogen-bond donors (Lipinski definition) is 1. The number of rotatable bonds is 5. The van der Waals surface area contributed by atoms with Gasteiger partial charge in [0.1, 0.15) is 5.75 Å². The average Bonchev–Trinajstić information content (AvgIpc) is 2.71. The summed E-state index contributed by atoms with van der Waals surface area (Å²) in [4.78, 5) is 26.9. The van der Waals surface area contributed by atoms with E-state index in [-0.39, 0.29) is 30.0 Å². The van der Waals surface area contributed by atoms with Crippen LogP contribution < -0.4 is 10.1 Å². The maximum Gasteiger partial charge on any atom is 0.233 e. The topological polar surface area (TPSA) is 82.4 Å². The Kier molecular flexibility index (Phi) is 7.09. The molecular weight excluding hydrogens is 410 g/mol. The number of nitrogens with one attached hydrogen (secondary N) is 1. The Bertz CT molecular complexity index is 880. The molecule has 6 nitrogen and oxygen atoms in total. The first-order chi connectivity index (χ1) is 13.9. The van der Waals surface area contributed by atoms with Crippen molar-refractivity contribution in [2.75, 3.05) is 19.4 Å². The first kappa shape index (κ1) is 21.5. The highest BCUT2D eigenvalue weighted by atomic mass is 35.5. The van der Waals surface area contributed by atoms with Crippen molar-refractivity contribution >= 4 is 35.2 Å². The highest BCUT2D eigenvalue weighted by Gasteiger charge is 2.31. The number of benzene rings is 1. The van der Waals surface area contributed by atoms with E-state index in [1.54, 1.807) is 12.1 Å². The van der Waals surface area contributed by atoms with Gasteiger partial charge in [0.05, 0.1) is 34.6 Å². The van der Waals surface area contributed by atoms with E-state index in [0.717, 1.165) is 31.4 Å². The Morgan fingerprint density at radius 3 is 2.90 bits per heavy atom. The molecule has 29 heavy (non-hydrogen) atoms. The number of carbonyl (C=O) groups is 2. The molecule has 1 aromatic rings. The van der Waals surface area contributed by atoms with Crippen molar-refractivity contribution in [2.24, 2.45) is 0 Å². The SMILES string of the molecule is COc1ccc([C@@H]2CC(=O)NC(SCC(=O)N3CCCC[C@H]3C)=C2C#N)cc1Cl. The fourth-order valence-electron chi connectivity index (χ4n) is 3.80. The van der Waals surface area contributed by atoms with Gasteiger partial charge in [-0.2, -0.15) is 5.26 Å². The number of ether oxygens (including phenoxy) is 1. The van der Waals surface area contributed by atoms with E-state index in [1.165, 1.54) is 18.9 Å². The molecular formula is C21H24ClN3O3S. The third-order valence-electron chi connectivity index (χ3n) is 5.40. The molecule has 1 saturated heterocycles. The zero-order valence-corrected chi connectivity index (χ0v) is 18.1. The Hall–Kier alpha value is -2.17. The second-order valence-corrected chi connectivity index (χ2v) is 8.67. The third kappa shape index (κ3) is 4.88. The number of nitrogens with zero attached hydrogens (tertiary/aromatic N) is 2. The minimum absolute atomic E-state index is 0.0378. The van der Waals surface area contributed by atoms with Gasteiger partial charge in [-0.15, -0.1) is 0 Å². The molecule has 1 fully saturated rings. The van der Waals surface area contributed by atoms with E-state index in [9.17, 15) is 14.9 Å². The summed E-state index contributed by atoms with van der Waals surface area (Å²) in [6.45, 7) is 2.83. The van der Waals surface area contributed by atoms with Crippen LogP contribution in [0.25, 0.3) is 0 Å². The lowest BCUT2D eigenvalue weighted by Gasteiger charge is -2.33. The number of allylic oxidation sites excluding steroid dienone is 1. The Labute approximate surface area is 180 Å². The summed E-state index contributed by atoms with van der Waals surface area (Å²) >= 11 is 7.46. The lowest BCUT2D eigenvalue weighted by Crippen LogP contribution is -2.43. The summed E-state index contributed by atoms with van der Waals surface area (Å²) < 4.78 is 5.18. The van der Waals surface area contributed by atoms with Crippen LogP contribution >= 0.6 is 23.4 Å². The molecule has 3 rings (SSSR count). The predicted molar refractivity (Wildman–Crippen MR) is 114 cm³/mol. The molecule has 0 aliphatic carbocycles. The van der Waals surface area contributed by atoms with Crippen molar-refractivity contribution in [1.82, 2.24) is 10.2 Å². The number of hydrogen-bond acceptors (Lipinski definition) is 5. The van der Waals surface area contributed by atoms with Gasteiger partial charge in [0.2, 0.25) is 11.8 Å². The summed E-state index contributed by atoms with van der Waals surface area (Å²) in [6.07, 6.45) is 3.33. The van der Waals surface area contributed by atoms with Crippen molar-refractivity contribution in [2.45, 2.75) is 44.6 Å². The quantitative estimate of drug-likeness (QED) is 0.763.